The highest BCUT2D eigenvalue weighted by Gasteiger charge is 2.42. The van der Waals surface area contributed by atoms with Crippen molar-refractivity contribution < 1.29 is 23.4 Å². The molecule has 31 heavy (non-hydrogen) atoms. The third-order valence-electron chi connectivity index (χ3n) is 6.63. The van der Waals surface area contributed by atoms with Crippen molar-refractivity contribution in [2.75, 3.05) is 0 Å². The number of nitrogens with one attached hydrogen (secondary N) is 1. The Hall–Kier alpha value is -2.86. The number of aryl methyl sites for hydroxylation is 1. The second-order valence-corrected chi connectivity index (χ2v) is 8.78. The van der Waals surface area contributed by atoms with Gasteiger partial charge in [-0.15, -0.1) is 0 Å². The minimum Gasteiger partial charge on any atom is -0.487 e. The number of hydrogen-bond acceptors (Lipinski definition) is 4. The summed E-state index contributed by atoms with van der Waals surface area (Å²) in [5.41, 5.74) is 2.31. The summed E-state index contributed by atoms with van der Waals surface area (Å²) in [6, 6.07) is 9.75. The number of ether oxygens (including phenoxy) is 1. The molecule has 1 saturated carbocycles. The standard InChI is InChI=1S/C25H26FNO4/c1-15-21-19(30-23(15)24(29)27-14-16-6-5-7-17(26)12-16)8-9-20-22(21)18(28)13-25(31-20)10-3-2-4-11-25/h5-9,12,18,28H,2-4,10-11,13-14H2,1H3,(H,27,29). The highest BCUT2D eigenvalue weighted by Crippen LogP contribution is 2.49. The topological polar surface area (TPSA) is 71.7 Å². The predicted molar refractivity (Wildman–Crippen MR) is 115 cm³/mol. The molecule has 1 aliphatic heterocycles. The van der Waals surface area contributed by atoms with Crippen molar-refractivity contribution >= 4 is 16.9 Å². The molecule has 1 spiro atoms. The molecule has 0 radical (unpaired) electrons. The lowest BCUT2D eigenvalue weighted by Crippen LogP contribution is -2.42. The van der Waals surface area contributed by atoms with Crippen LogP contribution >= 0.6 is 0 Å². The van der Waals surface area contributed by atoms with E-state index in [4.69, 9.17) is 9.15 Å². The van der Waals surface area contributed by atoms with Gasteiger partial charge >= 0.3 is 0 Å². The minimum atomic E-state index is -0.662. The van der Waals surface area contributed by atoms with Gasteiger partial charge in [-0.3, -0.25) is 4.79 Å². The zero-order valence-corrected chi connectivity index (χ0v) is 17.5. The first-order valence-electron chi connectivity index (χ1n) is 10.9. The molecule has 1 fully saturated rings. The van der Waals surface area contributed by atoms with Gasteiger partial charge in [0.05, 0.1) is 6.10 Å². The molecule has 1 atom stereocenters. The zero-order chi connectivity index (χ0) is 21.6. The molecular formula is C25H26FNO4. The predicted octanol–water partition coefficient (Wildman–Crippen LogP) is 5.33. The number of rotatable bonds is 3. The maximum absolute atomic E-state index is 13.4. The molecule has 1 amide bonds. The molecule has 1 aliphatic carbocycles. The SMILES string of the molecule is Cc1c(C(=O)NCc2cccc(F)c2)oc2ccc3c(c12)C(O)CC1(CCCCC1)O3. The maximum atomic E-state index is 13.4. The number of aliphatic hydroxyl groups excluding tert-OH is 1. The summed E-state index contributed by atoms with van der Waals surface area (Å²) in [7, 11) is 0. The first-order chi connectivity index (χ1) is 15.0. The van der Waals surface area contributed by atoms with Gasteiger partial charge < -0.3 is 19.6 Å². The van der Waals surface area contributed by atoms with Gasteiger partial charge in [-0.1, -0.05) is 18.6 Å². The number of hydrogen-bond donors (Lipinski definition) is 2. The van der Waals surface area contributed by atoms with Crippen molar-refractivity contribution in [2.45, 2.75) is 63.7 Å². The first-order valence-corrected chi connectivity index (χ1v) is 10.9. The van der Waals surface area contributed by atoms with E-state index in [0.29, 0.717) is 34.4 Å². The fraction of sp³-hybridized carbons (Fsp3) is 0.400. The summed E-state index contributed by atoms with van der Waals surface area (Å²) in [5.74, 6) is 0.165. The Morgan fingerprint density at radius 2 is 2.03 bits per heavy atom. The summed E-state index contributed by atoms with van der Waals surface area (Å²) in [4.78, 5) is 12.8. The molecule has 5 nitrogen and oxygen atoms in total. The Bertz CT molecular complexity index is 1150. The lowest BCUT2D eigenvalue weighted by atomic mass is 9.77. The molecule has 0 saturated heterocycles. The Kier molecular flexibility index (Phi) is 4.97. The van der Waals surface area contributed by atoms with Crippen molar-refractivity contribution in [1.82, 2.24) is 5.32 Å². The van der Waals surface area contributed by atoms with E-state index in [2.05, 4.69) is 5.32 Å². The van der Waals surface area contributed by atoms with Crippen LogP contribution in [0, 0.1) is 12.7 Å². The second kappa shape index (κ2) is 7.68. The maximum Gasteiger partial charge on any atom is 0.287 e. The molecule has 2 aliphatic rings. The smallest absolute Gasteiger partial charge is 0.287 e. The summed E-state index contributed by atoms with van der Waals surface area (Å²) >= 11 is 0. The molecule has 2 N–H and O–H groups in total. The average molecular weight is 423 g/mol. The quantitative estimate of drug-likeness (QED) is 0.597. The highest BCUT2D eigenvalue weighted by atomic mass is 19.1. The molecular weight excluding hydrogens is 397 g/mol. The van der Waals surface area contributed by atoms with Crippen LogP contribution < -0.4 is 10.1 Å². The van der Waals surface area contributed by atoms with Crippen LogP contribution in [0.15, 0.2) is 40.8 Å². The Morgan fingerprint density at radius 1 is 1.23 bits per heavy atom. The normalized spacial score (nSPS) is 19.8. The average Bonchev–Trinajstić information content (AvgIpc) is 3.09. The first kappa shape index (κ1) is 20.1. The summed E-state index contributed by atoms with van der Waals surface area (Å²) in [6.45, 7) is 2.01. The van der Waals surface area contributed by atoms with Crippen molar-refractivity contribution in [1.29, 1.82) is 0 Å². The molecule has 5 rings (SSSR count). The lowest BCUT2D eigenvalue weighted by molar-refractivity contribution is -0.0373. The molecule has 6 heteroatoms. The van der Waals surface area contributed by atoms with E-state index in [1.165, 1.54) is 18.6 Å². The molecule has 0 bridgehead atoms. The van der Waals surface area contributed by atoms with Gasteiger partial charge in [0.15, 0.2) is 5.76 Å². The fourth-order valence-electron chi connectivity index (χ4n) is 5.13. The van der Waals surface area contributed by atoms with Crippen LogP contribution in [0.5, 0.6) is 5.75 Å². The molecule has 162 valence electrons. The van der Waals surface area contributed by atoms with Gasteiger partial charge in [0.25, 0.3) is 5.91 Å². The van der Waals surface area contributed by atoms with Crippen LogP contribution in [0.2, 0.25) is 0 Å². The number of carbonyl (C=O) groups excluding carboxylic acids is 1. The summed E-state index contributed by atoms with van der Waals surface area (Å²) < 4.78 is 25.7. The van der Waals surface area contributed by atoms with Gasteiger partial charge in [-0.25, -0.2) is 4.39 Å². The van der Waals surface area contributed by atoms with Crippen molar-refractivity contribution in [3.05, 3.63) is 64.7 Å². The molecule has 3 aromatic rings. The van der Waals surface area contributed by atoms with E-state index in [1.807, 2.05) is 13.0 Å². The number of fused-ring (bicyclic) bond motifs is 3. The highest BCUT2D eigenvalue weighted by molar-refractivity contribution is 6.00. The van der Waals surface area contributed by atoms with Crippen LogP contribution in [0.4, 0.5) is 4.39 Å². The molecule has 2 heterocycles. The number of furan rings is 1. The van der Waals surface area contributed by atoms with Crippen molar-refractivity contribution in [2.24, 2.45) is 0 Å². The van der Waals surface area contributed by atoms with Gasteiger partial charge in [0.2, 0.25) is 0 Å². The van der Waals surface area contributed by atoms with Gasteiger partial charge in [0, 0.05) is 29.5 Å². The van der Waals surface area contributed by atoms with E-state index in [0.717, 1.165) is 31.1 Å². The van der Waals surface area contributed by atoms with Gasteiger partial charge in [-0.05, 0) is 62.4 Å². The van der Waals surface area contributed by atoms with Crippen LogP contribution in [0.3, 0.4) is 0 Å². The van der Waals surface area contributed by atoms with Crippen LogP contribution in [0.25, 0.3) is 11.0 Å². The Morgan fingerprint density at radius 3 is 2.81 bits per heavy atom. The van der Waals surface area contributed by atoms with E-state index in [1.54, 1.807) is 18.2 Å². The Balaban J connectivity index is 1.45. The van der Waals surface area contributed by atoms with E-state index in [-0.39, 0.29) is 29.6 Å². The van der Waals surface area contributed by atoms with Crippen LogP contribution in [0.1, 0.15) is 71.9 Å². The van der Waals surface area contributed by atoms with Crippen molar-refractivity contribution in [3.63, 3.8) is 0 Å². The van der Waals surface area contributed by atoms with E-state index < -0.39 is 6.10 Å². The fourth-order valence-corrected chi connectivity index (χ4v) is 5.13. The lowest BCUT2D eigenvalue weighted by Gasteiger charge is -2.43. The minimum absolute atomic E-state index is 0.194. The van der Waals surface area contributed by atoms with Gasteiger partial charge in [-0.2, -0.15) is 0 Å². The van der Waals surface area contributed by atoms with Crippen LogP contribution in [-0.4, -0.2) is 16.6 Å². The zero-order valence-electron chi connectivity index (χ0n) is 17.5. The molecule has 2 aromatic carbocycles. The van der Waals surface area contributed by atoms with Crippen LogP contribution in [-0.2, 0) is 6.54 Å². The Labute approximate surface area is 180 Å². The number of amides is 1. The van der Waals surface area contributed by atoms with E-state index >= 15 is 0 Å². The summed E-state index contributed by atoms with van der Waals surface area (Å²) in [6.07, 6.45) is 5.26. The molecule has 1 aromatic heterocycles. The third kappa shape index (κ3) is 3.59. The van der Waals surface area contributed by atoms with Crippen molar-refractivity contribution in [3.8, 4) is 5.75 Å². The monoisotopic (exact) mass is 423 g/mol. The number of aliphatic hydroxyl groups is 1. The second-order valence-electron chi connectivity index (χ2n) is 8.78. The molecule has 1 unspecified atom stereocenters. The number of benzene rings is 2. The van der Waals surface area contributed by atoms with E-state index in [9.17, 15) is 14.3 Å². The summed E-state index contributed by atoms with van der Waals surface area (Å²) in [5, 5.41) is 14.6. The number of halogens is 1. The third-order valence-corrected chi connectivity index (χ3v) is 6.63. The van der Waals surface area contributed by atoms with Gasteiger partial charge in [0.1, 0.15) is 22.8 Å². The largest absolute Gasteiger partial charge is 0.487 e. The number of carbonyl (C=O) groups is 1.